The van der Waals surface area contributed by atoms with Crippen LogP contribution in [0, 0.1) is 12.7 Å². The third-order valence-electron chi connectivity index (χ3n) is 3.92. The number of aryl methyl sites for hydroxylation is 2. The number of H-pyrrole nitrogens is 1. The molecule has 3 rings (SSSR count). The molecule has 1 heterocycles. The van der Waals surface area contributed by atoms with Gasteiger partial charge in [0.15, 0.2) is 0 Å². The quantitative estimate of drug-likeness (QED) is 0.712. The molecule has 0 aliphatic rings. The zero-order valence-electron chi connectivity index (χ0n) is 13.0. The number of nitrogens with one attached hydrogen (secondary N) is 2. The molecular weight excluding hydrogens is 291 g/mol. The van der Waals surface area contributed by atoms with Gasteiger partial charge in [0.25, 0.3) is 0 Å². The first kappa shape index (κ1) is 15.3. The van der Waals surface area contributed by atoms with Gasteiger partial charge in [-0.15, -0.1) is 0 Å². The maximum Gasteiger partial charge on any atom is 0.224 e. The number of para-hydroxylation sites is 1. The van der Waals surface area contributed by atoms with E-state index in [4.69, 9.17) is 0 Å². The van der Waals surface area contributed by atoms with Crippen LogP contribution in [0.1, 0.15) is 24.0 Å². The van der Waals surface area contributed by atoms with Crippen LogP contribution in [0.2, 0.25) is 0 Å². The molecule has 0 radical (unpaired) electrons. The molecule has 0 spiro atoms. The second kappa shape index (κ2) is 6.65. The predicted octanol–water partition coefficient (Wildman–Crippen LogP) is 4.58. The lowest BCUT2D eigenvalue weighted by Crippen LogP contribution is -2.12. The average molecular weight is 310 g/mol. The number of carbonyl (C=O) groups excluding carboxylic acids is 1. The molecule has 118 valence electrons. The highest BCUT2D eigenvalue weighted by Gasteiger charge is 2.08. The van der Waals surface area contributed by atoms with Crippen LogP contribution in [0.4, 0.5) is 10.1 Å². The number of hydrogen-bond acceptors (Lipinski definition) is 1. The summed E-state index contributed by atoms with van der Waals surface area (Å²) >= 11 is 0. The number of aromatic amines is 1. The first-order valence-corrected chi connectivity index (χ1v) is 7.74. The van der Waals surface area contributed by atoms with Crippen LogP contribution >= 0.6 is 0 Å². The number of halogens is 1. The maximum atomic E-state index is 13.7. The Morgan fingerprint density at radius 2 is 2.04 bits per heavy atom. The highest BCUT2D eigenvalue weighted by atomic mass is 19.1. The summed E-state index contributed by atoms with van der Waals surface area (Å²) in [6.45, 7) is 1.82. The van der Waals surface area contributed by atoms with Gasteiger partial charge in [0, 0.05) is 23.5 Å². The van der Waals surface area contributed by atoms with Crippen molar-refractivity contribution in [2.45, 2.75) is 26.2 Å². The van der Waals surface area contributed by atoms with E-state index in [0.29, 0.717) is 6.42 Å². The van der Waals surface area contributed by atoms with Crippen molar-refractivity contribution < 1.29 is 9.18 Å². The second-order valence-electron chi connectivity index (χ2n) is 5.74. The SMILES string of the molecule is Cc1ccc(NC(=O)CCCc2c[nH]c3ccccc23)c(F)c1. The maximum absolute atomic E-state index is 13.7. The second-order valence-corrected chi connectivity index (χ2v) is 5.74. The minimum absolute atomic E-state index is 0.160. The minimum Gasteiger partial charge on any atom is -0.361 e. The third kappa shape index (κ3) is 3.59. The summed E-state index contributed by atoms with van der Waals surface area (Å²) in [5.74, 6) is -0.553. The molecule has 3 nitrogen and oxygen atoms in total. The van der Waals surface area contributed by atoms with E-state index in [1.54, 1.807) is 12.1 Å². The van der Waals surface area contributed by atoms with Gasteiger partial charge >= 0.3 is 0 Å². The Hall–Kier alpha value is -2.62. The molecule has 0 saturated heterocycles. The van der Waals surface area contributed by atoms with Gasteiger partial charge in [-0.2, -0.15) is 0 Å². The van der Waals surface area contributed by atoms with Crippen LogP contribution < -0.4 is 5.32 Å². The van der Waals surface area contributed by atoms with Crippen LogP contribution in [0.5, 0.6) is 0 Å². The zero-order chi connectivity index (χ0) is 16.2. The summed E-state index contributed by atoms with van der Waals surface area (Å²) in [5, 5.41) is 3.83. The Kier molecular flexibility index (Phi) is 4.42. The zero-order valence-corrected chi connectivity index (χ0v) is 13.0. The molecule has 0 saturated carbocycles. The Bertz CT molecular complexity index is 838. The van der Waals surface area contributed by atoms with Crippen molar-refractivity contribution in [1.29, 1.82) is 0 Å². The number of benzene rings is 2. The molecule has 0 aliphatic carbocycles. The molecule has 0 unspecified atom stereocenters. The summed E-state index contributed by atoms with van der Waals surface area (Å²) in [5.41, 5.74) is 3.39. The van der Waals surface area contributed by atoms with Gasteiger partial charge in [0.1, 0.15) is 5.82 Å². The number of anilines is 1. The first-order valence-electron chi connectivity index (χ1n) is 7.74. The van der Waals surface area contributed by atoms with Gasteiger partial charge in [-0.3, -0.25) is 4.79 Å². The van der Waals surface area contributed by atoms with E-state index in [1.807, 2.05) is 31.3 Å². The van der Waals surface area contributed by atoms with Gasteiger partial charge in [-0.1, -0.05) is 24.3 Å². The number of fused-ring (bicyclic) bond motifs is 1. The van der Waals surface area contributed by atoms with Crippen LogP contribution in [0.25, 0.3) is 10.9 Å². The molecule has 1 amide bonds. The molecule has 2 aromatic carbocycles. The first-order chi connectivity index (χ1) is 11.1. The Balaban J connectivity index is 1.55. The van der Waals surface area contributed by atoms with Gasteiger partial charge in [0.05, 0.1) is 5.69 Å². The minimum atomic E-state index is -0.394. The monoisotopic (exact) mass is 310 g/mol. The summed E-state index contributed by atoms with van der Waals surface area (Å²) < 4.78 is 13.7. The van der Waals surface area contributed by atoms with E-state index in [0.717, 1.165) is 23.9 Å². The molecule has 3 aromatic rings. The van der Waals surface area contributed by atoms with E-state index in [1.165, 1.54) is 17.0 Å². The third-order valence-corrected chi connectivity index (χ3v) is 3.92. The normalized spacial score (nSPS) is 10.9. The number of rotatable bonds is 5. The number of amides is 1. The topological polar surface area (TPSA) is 44.9 Å². The van der Waals surface area contributed by atoms with E-state index >= 15 is 0 Å². The lowest BCUT2D eigenvalue weighted by atomic mass is 10.1. The summed E-state index contributed by atoms with van der Waals surface area (Å²) in [4.78, 5) is 15.2. The van der Waals surface area contributed by atoms with E-state index < -0.39 is 5.82 Å². The van der Waals surface area contributed by atoms with E-state index in [9.17, 15) is 9.18 Å². The molecule has 4 heteroatoms. The molecule has 0 atom stereocenters. The van der Waals surface area contributed by atoms with E-state index in [2.05, 4.69) is 16.4 Å². The molecule has 0 bridgehead atoms. The Labute approximate surface area is 134 Å². The fourth-order valence-corrected chi connectivity index (χ4v) is 2.71. The van der Waals surface area contributed by atoms with Crippen molar-refractivity contribution in [2.75, 3.05) is 5.32 Å². The van der Waals surface area contributed by atoms with Crippen LogP contribution in [0.15, 0.2) is 48.7 Å². The highest BCUT2D eigenvalue weighted by Crippen LogP contribution is 2.20. The van der Waals surface area contributed by atoms with Gasteiger partial charge < -0.3 is 10.3 Å². The number of carbonyl (C=O) groups is 1. The highest BCUT2D eigenvalue weighted by molar-refractivity contribution is 5.91. The summed E-state index contributed by atoms with van der Waals surface area (Å²) in [6.07, 6.45) is 3.89. The molecule has 1 aromatic heterocycles. The Morgan fingerprint density at radius 3 is 2.87 bits per heavy atom. The molecule has 0 aliphatic heterocycles. The molecular formula is C19H19FN2O. The summed E-state index contributed by atoms with van der Waals surface area (Å²) in [6, 6.07) is 12.9. The van der Waals surface area contributed by atoms with Crippen molar-refractivity contribution in [2.24, 2.45) is 0 Å². The molecule has 2 N–H and O–H groups in total. The van der Waals surface area contributed by atoms with E-state index in [-0.39, 0.29) is 11.6 Å². The van der Waals surface area contributed by atoms with Gasteiger partial charge in [-0.25, -0.2) is 4.39 Å². The van der Waals surface area contributed by atoms with Crippen molar-refractivity contribution in [3.63, 3.8) is 0 Å². The van der Waals surface area contributed by atoms with Gasteiger partial charge in [0.2, 0.25) is 5.91 Å². The van der Waals surface area contributed by atoms with Gasteiger partial charge in [-0.05, 0) is 49.1 Å². The lowest BCUT2D eigenvalue weighted by molar-refractivity contribution is -0.116. The van der Waals surface area contributed by atoms with Crippen LogP contribution in [-0.2, 0) is 11.2 Å². The van der Waals surface area contributed by atoms with Crippen molar-refractivity contribution in [3.8, 4) is 0 Å². The number of aromatic nitrogens is 1. The fourth-order valence-electron chi connectivity index (χ4n) is 2.71. The Morgan fingerprint density at radius 1 is 1.22 bits per heavy atom. The molecule has 23 heavy (non-hydrogen) atoms. The largest absolute Gasteiger partial charge is 0.361 e. The average Bonchev–Trinajstić information content (AvgIpc) is 2.94. The van der Waals surface area contributed by atoms with Crippen molar-refractivity contribution in [3.05, 3.63) is 65.6 Å². The summed E-state index contributed by atoms with van der Waals surface area (Å²) in [7, 11) is 0. The number of hydrogen-bond donors (Lipinski definition) is 2. The van der Waals surface area contributed by atoms with Crippen molar-refractivity contribution >= 4 is 22.5 Å². The fraction of sp³-hybridized carbons (Fsp3) is 0.211. The standard InChI is InChI=1S/C19H19FN2O/c1-13-9-10-18(16(20)11-13)22-19(23)8-4-5-14-12-21-17-7-3-2-6-15(14)17/h2-3,6-7,9-12,21H,4-5,8H2,1H3,(H,22,23). The lowest BCUT2D eigenvalue weighted by Gasteiger charge is -2.07. The van der Waals surface area contributed by atoms with Crippen LogP contribution in [-0.4, -0.2) is 10.9 Å². The van der Waals surface area contributed by atoms with Crippen molar-refractivity contribution in [1.82, 2.24) is 4.98 Å². The smallest absolute Gasteiger partial charge is 0.224 e. The molecule has 0 fully saturated rings. The predicted molar refractivity (Wildman–Crippen MR) is 91.0 cm³/mol. The van der Waals surface area contributed by atoms with Crippen LogP contribution in [0.3, 0.4) is 0 Å².